The number of allylic oxidation sites excluding steroid dienone is 3. The first-order valence-electron chi connectivity index (χ1n) is 13.1. The number of aryl methyl sites for hydroxylation is 1. The van der Waals surface area contributed by atoms with Crippen LogP contribution in [0.25, 0.3) is 0 Å². The van der Waals surface area contributed by atoms with Crippen molar-refractivity contribution in [2.24, 2.45) is 13.0 Å². The van der Waals surface area contributed by atoms with Crippen molar-refractivity contribution >= 4 is 5.91 Å². The van der Waals surface area contributed by atoms with Gasteiger partial charge in [0.15, 0.2) is 0 Å². The average Bonchev–Trinajstić information content (AvgIpc) is 3.69. The standard InChI is InChI=1S/C29H40N4O2/c1-4-5-15-32-16-8-6-7-9-22(2)24(20-32)21-33(25-10-11-25)29(35)27-19-30-14-12-26(27)23-13-17-31(3)28(34)18-23/h6-9,13,17-18,20,25-27,30H,2,4-5,10-12,14-16,19,21H2,1,3H3/b8-6-,9-7-,24-20-/t26-,27+/m1/s1. The maximum atomic E-state index is 14.1. The van der Waals surface area contributed by atoms with E-state index in [1.807, 2.05) is 24.4 Å². The lowest BCUT2D eigenvalue weighted by atomic mass is 9.80. The van der Waals surface area contributed by atoms with Gasteiger partial charge >= 0.3 is 0 Å². The molecule has 0 aromatic carbocycles. The molecule has 0 bridgehead atoms. The molecule has 6 heteroatoms. The number of unbranched alkanes of at least 4 members (excludes halogenated alkanes) is 1. The Hall–Kier alpha value is -2.86. The van der Waals surface area contributed by atoms with E-state index in [0.717, 1.165) is 68.4 Å². The molecule has 2 aliphatic heterocycles. The number of nitrogens with one attached hydrogen (secondary N) is 1. The third-order valence-corrected chi connectivity index (χ3v) is 7.40. The van der Waals surface area contributed by atoms with Gasteiger partial charge in [0.25, 0.3) is 5.56 Å². The Morgan fingerprint density at radius 1 is 1.26 bits per heavy atom. The minimum absolute atomic E-state index is 0.0223. The lowest BCUT2D eigenvalue weighted by Gasteiger charge is -2.36. The molecule has 0 radical (unpaired) electrons. The molecule has 1 saturated heterocycles. The van der Waals surface area contributed by atoms with Crippen LogP contribution in [0.4, 0.5) is 0 Å². The topological polar surface area (TPSA) is 57.6 Å². The molecule has 6 nitrogen and oxygen atoms in total. The SMILES string of the molecule is C=C1/C=C\C=C/CN(CCCC)/C=C\1CN(C(=O)[C@H]1CNCC[C@@H]1c1ccn(C)c(=O)c1)C1CC1. The summed E-state index contributed by atoms with van der Waals surface area (Å²) in [6.45, 7) is 10.5. The van der Waals surface area contributed by atoms with Crippen molar-refractivity contribution in [1.29, 1.82) is 0 Å². The van der Waals surface area contributed by atoms with Gasteiger partial charge in [0.1, 0.15) is 0 Å². The highest BCUT2D eigenvalue weighted by atomic mass is 16.2. The van der Waals surface area contributed by atoms with Crippen molar-refractivity contribution in [2.45, 2.75) is 51.0 Å². The Morgan fingerprint density at radius 2 is 2.09 bits per heavy atom. The minimum Gasteiger partial charge on any atom is -0.373 e. The van der Waals surface area contributed by atoms with Gasteiger partial charge < -0.3 is 19.7 Å². The molecule has 1 saturated carbocycles. The summed E-state index contributed by atoms with van der Waals surface area (Å²) in [7, 11) is 1.76. The normalized spacial score (nSPS) is 26.2. The average molecular weight is 477 g/mol. The van der Waals surface area contributed by atoms with E-state index in [-0.39, 0.29) is 23.3 Å². The summed E-state index contributed by atoms with van der Waals surface area (Å²) in [6, 6.07) is 4.01. The minimum atomic E-state index is -0.171. The maximum Gasteiger partial charge on any atom is 0.250 e. The van der Waals surface area contributed by atoms with Crippen LogP contribution in [0, 0.1) is 5.92 Å². The van der Waals surface area contributed by atoms with Gasteiger partial charge in [-0.1, -0.05) is 44.2 Å². The quantitative estimate of drug-likeness (QED) is 0.621. The van der Waals surface area contributed by atoms with Crippen molar-refractivity contribution in [2.75, 3.05) is 32.7 Å². The first kappa shape index (κ1) is 25.2. The summed E-state index contributed by atoms with van der Waals surface area (Å²) in [5.74, 6) is 0.0815. The van der Waals surface area contributed by atoms with Gasteiger partial charge in [-0.15, -0.1) is 0 Å². The molecule has 1 aromatic heterocycles. The van der Waals surface area contributed by atoms with Gasteiger partial charge in [0.05, 0.1) is 5.92 Å². The number of hydrogen-bond donors (Lipinski definition) is 1. The number of carbonyl (C=O) groups is 1. The maximum absolute atomic E-state index is 14.1. The molecule has 35 heavy (non-hydrogen) atoms. The molecule has 2 fully saturated rings. The van der Waals surface area contributed by atoms with E-state index in [1.165, 1.54) is 0 Å². The summed E-state index contributed by atoms with van der Waals surface area (Å²) in [5.41, 5.74) is 3.02. The van der Waals surface area contributed by atoms with Crippen LogP contribution in [0.1, 0.15) is 50.5 Å². The molecule has 0 spiro atoms. The summed E-state index contributed by atoms with van der Waals surface area (Å²) in [6.07, 6.45) is 17.6. The van der Waals surface area contributed by atoms with Gasteiger partial charge in [0.2, 0.25) is 5.91 Å². The molecule has 1 amide bonds. The lowest BCUT2D eigenvalue weighted by molar-refractivity contribution is -0.136. The van der Waals surface area contributed by atoms with Crippen molar-refractivity contribution < 1.29 is 4.79 Å². The Morgan fingerprint density at radius 3 is 2.83 bits per heavy atom. The van der Waals surface area contributed by atoms with Crippen molar-refractivity contribution in [3.05, 3.63) is 82.5 Å². The molecule has 0 unspecified atom stereocenters. The van der Waals surface area contributed by atoms with E-state index in [2.05, 4.69) is 47.0 Å². The second kappa shape index (κ2) is 11.7. The Kier molecular flexibility index (Phi) is 8.45. The second-order valence-electron chi connectivity index (χ2n) is 10.1. The van der Waals surface area contributed by atoms with Crippen LogP contribution in [0.15, 0.2) is 71.4 Å². The zero-order valence-electron chi connectivity index (χ0n) is 21.3. The third kappa shape index (κ3) is 6.43. The number of aromatic nitrogens is 1. The predicted molar refractivity (Wildman–Crippen MR) is 142 cm³/mol. The fourth-order valence-electron chi connectivity index (χ4n) is 5.05. The van der Waals surface area contributed by atoms with Crippen LogP contribution < -0.4 is 10.9 Å². The molecule has 2 atom stereocenters. The summed E-state index contributed by atoms with van der Waals surface area (Å²) < 4.78 is 1.58. The number of amides is 1. The van der Waals surface area contributed by atoms with Gasteiger partial charge in [-0.2, -0.15) is 0 Å². The highest BCUT2D eigenvalue weighted by Gasteiger charge is 2.40. The molecule has 4 rings (SSSR count). The number of carbonyl (C=O) groups excluding carboxylic acids is 1. The van der Waals surface area contributed by atoms with Crippen LogP contribution in [0.5, 0.6) is 0 Å². The number of pyridine rings is 1. The zero-order chi connectivity index (χ0) is 24.8. The molecule has 3 heterocycles. The second-order valence-corrected chi connectivity index (χ2v) is 10.1. The summed E-state index contributed by atoms with van der Waals surface area (Å²) in [5, 5.41) is 3.43. The van der Waals surface area contributed by atoms with Gasteiger partial charge in [-0.05, 0) is 60.9 Å². The van der Waals surface area contributed by atoms with Crippen molar-refractivity contribution in [1.82, 2.24) is 19.7 Å². The van der Waals surface area contributed by atoms with Crippen molar-refractivity contribution in [3.8, 4) is 0 Å². The Balaban J connectivity index is 1.59. The smallest absolute Gasteiger partial charge is 0.250 e. The van der Waals surface area contributed by atoms with Gasteiger partial charge in [-0.3, -0.25) is 9.59 Å². The molecule has 1 N–H and O–H groups in total. The molecule has 1 aliphatic carbocycles. The molecular weight excluding hydrogens is 436 g/mol. The Bertz CT molecular complexity index is 1060. The zero-order valence-corrected chi connectivity index (χ0v) is 21.3. The van der Waals surface area contributed by atoms with Crippen molar-refractivity contribution in [3.63, 3.8) is 0 Å². The highest BCUT2D eigenvalue weighted by Crippen LogP contribution is 2.36. The molecular formula is C29H40N4O2. The number of rotatable bonds is 8. The fraction of sp³-hybridized carbons (Fsp3) is 0.517. The van der Waals surface area contributed by atoms with E-state index in [9.17, 15) is 9.59 Å². The highest BCUT2D eigenvalue weighted by molar-refractivity contribution is 5.81. The third-order valence-electron chi connectivity index (χ3n) is 7.40. The van der Waals surface area contributed by atoms with Crippen LogP contribution in [0.3, 0.4) is 0 Å². The van der Waals surface area contributed by atoms with Gasteiger partial charge in [0, 0.05) is 57.7 Å². The first-order chi connectivity index (χ1) is 17.0. The lowest BCUT2D eigenvalue weighted by Crippen LogP contribution is -2.48. The predicted octanol–water partition coefficient (Wildman–Crippen LogP) is 3.74. The number of piperidine rings is 1. The molecule has 188 valence electrons. The van der Waals surface area contributed by atoms with Crippen LogP contribution >= 0.6 is 0 Å². The summed E-state index contributed by atoms with van der Waals surface area (Å²) >= 11 is 0. The fourth-order valence-corrected chi connectivity index (χ4v) is 5.05. The van der Waals surface area contributed by atoms with E-state index in [4.69, 9.17) is 0 Å². The van der Waals surface area contributed by atoms with Crippen LogP contribution in [-0.4, -0.2) is 59.0 Å². The largest absolute Gasteiger partial charge is 0.373 e. The van der Waals surface area contributed by atoms with E-state index >= 15 is 0 Å². The summed E-state index contributed by atoms with van der Waals surface area (Å²) in [4.78, 5) is 30.8. The monoisotopic (exact) mass is 476 g/mol. The van der Waals surface area contributed by atoms with E-state index in [1.54, 1.807) is 17.7 Å². The molecule has 1 aromatic rings. The first-order valence-corrected chi connectivity index (χ1v) is 13.1. The van der Waals surface area contributed by atoms with Crippen LogP contribution in [-0.2, 0) is 11.8 Å². The number of nitrogens with zero attached hydrogens (tertiary/aromatic N) is 3. The van der Waals surface area contributed by atoms with E-state index in [0.29, 0.717) is 19.1 Å². The Labute approximate surface area is 209 Å². The van der Waals surface area contributed by atoms with E-state index < -0.39 is 0 Å². The van der Waals surface area contributed by atoms with Crippen LogP contribution in [0.2, 0.25) is 0 Å². The van der Waals surface area contributed by atoms with Gasteiger partial charge in [-0.25, -0.2) is 0 Å². The molecule has 3 aliphatic rings. The number of hydrogen-bond acceptors (Lipinski definition) is 4.